The van der Waals surface area contributed by atoms with Crippen molar-refractivity contribution in [2.75, 3.05) is 19.0 Å². The van der Waals surface area contributed by atoms with E-state index in [-0.39, 0.29) is 5.92 Å². The molecule has 1 aliphatic rings. The van der Waals surface area contributed by atoms with Gasteiger partial charge in [-0.2, -0.15) is 10.2 Å². The molecule has 0 saturated heterocycles. The van der Waals surface area contributed by atoms with Crippen LogP contribution in [0.15, 0.2) is 73.1 Å². The molecule has 3 N–H and O–H groups in total. The van der Waals surface area contributed by atoms with E-state index >= 15 is 0 Å². The second-order valence-electron chi connectivity index (χ2n) is 10.0. The van der Waals surface area contributed by atoms with Gasteiger partial charge in [-0.3, -0.25) is 10.00 Å². The first-order valence-corrected chi connectivity index (χ1v) is 12.9. The number of urea groups is 1. The van der Waals surface area contributed by atoms with E-state index in [4.69, 9.17) is 9.84 Å². The van der Waals surface area contributed by atoms with Crippen LogP contribution in [0.1, 0.15) is 30.4 Å². The summed E-state index contributed by atoms with van der Waals surface area (Å²) >= 11 is 0. The third-order valence-electron chi connectivity index (χ3n) is 7.39. The summed E-state index contributed by atoms with van der Waals surface area (Å²) < 4.78 is 8.74. The Morgan fingerprint density at radius 2 is 1.87 bits per heavy atom. The molecule has 4 aromatic rings. The van der Waals surface area contributed by atoms with Crippen molar-refractivity contribution < 1.29 is 14.6 Å². The maximum absolute atomic E-state index is 13.5. The quantitative estimate of drug-likeness (QED) is 0.323. The molecule has 0 aliphatic heterocycles. The van der Waals surface area contributed by atoms with Crippen LogP contribution in [-0.2, 0) is 17.4 Å². The fourth-order valence-corrected chi connectivity index (χ4v) is 5.44. The van der Waals surface area contributed by atoms with Gasteiger partial charge in [-0.05, 0) is 49.8 Å². The Kier molecular flexibility index (Phi) is 7.31. The normalized spacial score (nSPS) is 20.9. The zero-order chi connectivity index (χ0) is 26.7. The van der Waals surface area contributed by atoms with Crippen LogP contribution in [0, 0.1) is 12.8 Å². The van der Waals surface area contributed by atoms with Crippen LogP contribution in [0.4, 0.5) is 10.6 Å². The Morgan fingerprint density at radius 3 is 2.53 bits per heavy atom. The van der Waals surface area contributed by atoms with E-state index in [0.29, 0.717) is 25.3 Å². The third kappa shape index (κ3) is 5.07. The lowest BCUT2D eigenvalue weighted by atomic mass is 9.88. The minimum absolute atomic E-state index is 0.222. The Balaban J connectivity index is 1.44. The van der Waals surface area contributed by atoms with Gasteiger partial charge in [0.15, 0.2) is 0 Å². The molecule has 9 heteroatoms. The molecule has 3 atom stereocenters. The molecule has 198 valence electrons. The first-order chi connectivity index (χ1) is 18.4. The van der Waals surface area contributed by atoms with Crippen LogP contribution in [0.2, 0.25) is 0 Å². The summed E-state index contributed by atoms with van der Waals surface area (Å²) in [5.41, 5.74) is 2.86. The number of carbonyl (C=O) groups is 1. The molecule has 9 nitrogen and oxygen atoms in total. The minimum Gasteiger partial charge on any atom is -0.385 e. The van der Waals surface area contributed by atoms with Crippen LogP contribution < -0.4 is 10.6 Å². The number of amides is 2. The summed E-state index contributed by atoms with van der Waals surface area (Å²) in [6, 6.07) is 18.4. The summed E-state index contributed by atoms with van der Waals surface area (Å²) in [4.78, 5) is 13.5. The largest absolute Gasteiger partial charge is 0.385 e. The molecule has 0 unspecified atom stereocenters. The van der Waals surface area contributed by atoms with Gasteiger partial charge in [0, 0.05) is 38.1 Å². The van der Waals surface area contributed by atoms with Crippen LogP contribution in [0.3, 0.4) is 0 Å². The maximum Gasteiger partial charge on any atom is 0.320 e. The van der Waals surface area contributed by atoms with Crippen molar-refractivity contribution in [1.82, 2.24) is 24.9 Å². The van der Waals surface area contributed by atoms with Gasteiger partial charge in [0.05, 0.1) is 17.9 Å². The standard InChI is InChI=1S/C29H34N6O3/c1-20-26(22-18-30-34(2)19-22)33-35(24-12-8-5-9-13-24)27(20)32-28(36)31-25-16-21(14-15-38-3)17-29(25,37)23-10-6-4-7-11-23/h4-13,18-19,21,25,37H,14-17H2,1-3H3,(H2,31,32,36)/t21-,25-,29-/m1/s1. The molecule has 2 aromatic carbocycles. The number of hydrogen-bond acceptors (Lipinski definition) is 5. The number of nitrogens with zero attached hydrogens (tertiary/aromatic N) is 4. The molecular formula is C29H34N6O3. The van der Waals surface area contributed by atoms with Gasteiger partial charge in [-0.15, -0.1) is 0 Å². The predicted molar refractivity (Wildman–Crippen MR) is 146 cm³/mol. The highest BCUT2D eigenvalue weighted by molar-refractivity contribution is 5.91. The van der Waals surface area contributed by atoms with Gasteiger partial charge in [0.2, 0.25) is 0 Å². The van der Waals surface area contributed by atoms with E-state index in [1.807, 2.05) is 80.8 Å². The highest BCUT2D eigenvalue weighted by Crippen LogP contribution is 2.43. The Labute approximate surface area is 222 Å². The second kappa shape index (κ2) is 10.8. The van der Waals surface area contributed by atoms with Crippen molar-refractivity contribution in [3.05, 3.63) is 84.2 Å². The number of rotatable bonds is 8. The van der Waals surface area contributed by atoms with Gasteiger partial charge in [0.25, 0.3) is 0 Å². The number of benzene rings is 2. The molecule has 0 radical (unpaired) electrons. The van der Waals surface area contributed by atoms with Crippen molar-refractivity contribution in [3.63, 3.8) is 0 Å². The smallest absolute Gasteiger partial charge is 0.320 e. The highest BCUT2D eigenvalue weighted by Gasteiger charge is 2.47. The van der Waals surface area contributed by atoms with Crippen LogP contribution in [-0.4, -0.2) is 50.5 Å². The van der Waals surface area contributed by atoms with Crippen molar-refractivity contribution >= 4 is 11.8 Å². The number of nitrogens with one attached hydrogen (secondary N) is 2. The zero-order valence-corrected chi connectivity index (χ0v) is 22.0. The lowest BCUT2D eigenvalue weighted by molar-refractivity contribution is 0.0161. The molecule has 5 rings (SSSR count). The minimum atomic E-state index is -1.17. The molecule has 1 fully saturated rings. The van der Waals surface area contributed by atoms with E-state index in [9.17, 15) is 9.90 Å². The monoisotopic (exact) mass is 514 g/mol. The molecule has 2 aromatic heterocycles. The Morgan fingerprint density at radius 1 is 1.16 bits per heavy atom. The first-order valence-electron chi connectivity index (χ1n) is 12.9. The number of aliphatic hydroxyl groups is 1. The predicted octanol–water partition coefficient (Wildman–Crippen LogP) is 4.41. The summed E-state index contributed by atoms with van der Waals surface area (Å²) in [6.45, 7) is 2.54. The zero-order valence-electron chi connectivity index (χ0n) is 22.0. The van der Waals surface area contributed by atoms with Crippen LogP contribution >= 0.6 is 0 Å². The van der Waals surface area contributed by atoms with E-state index in [2.05, 4.69) is 15.7 Å². The fraction of sp³-hybridized carbons (Fsp3) is 0.345. The SMILES string of the molecule is COCC[C@@H]1C[C@@H](NC(=O)Nc2c(C)c(-c3cnn(C)c3)nn2-c2ccccc2)[C@](O)(c2ccccc2)C1. The van der Waals surface area contributed by atoms with Gasteiger partial charge in [0.1, 0.15) is 17.1 Å². The molecule has 0 spiro atoms. The van der Waals surface area contributed by atoms with Crippen molar-refractivity contribution in [2.24, 2.45) is 13.0 Å². The molecule has 2 amide bonds. The molecule has 38 heavy (non-hydrogen) atoms. The highest BCUT2D eigenvalue weighted by atomic mass is 16.5. The van der Waals surface area contributed by atoms with Crippen molar-refractivity contribution in [3.8, 4) is 16.9 Å². The van der Waals surface area contributed by atoms with E-state index in [0.717, 1.165) is 34.5 Å². The average molecular weight is 515 g/mol. The topological polar surface area (TPSA) is 106 Å². The number of hydrogen-bond donors (Lipinski definition) is 3. The fourth-order valence-electron chi connectivity index (χ4n) is 5.44. The van der Waals surface area contributed by atoms with Gasteiger partial charge >= 0.3 is 6.03 Å². The Bertz CT molecular complexity index is 1380. The summed E-state index contributed by atoms with van der Waals surface area (Å²) in [6.07, 6.45) is 5.68. The van der Waals surface area contributed by atoms with E-state index in [1.54, 1.807) is 22.7 Å². The molecular weight excluding hydrogens is 480 g/mol. The average Bonchev–Trinajstić information content (AvgIpc) is 3.60. The van der Waals surface area contributed by atoms with Gasteiger partial charge < -0.3 is 15.2 Å². The summed E-state index contributed by atoms with van der Waals surface area (Å²) in [5.74, 6) is 0.781. The number of carbonyl (C=O) groups excluding carboxylic acids is 1. The molecule has 1 aliphatic carbocycles. The van der Waals surface area contributed by atoms with Crippen molar-refractivity contribution in [2.45, 2.75) is 37.8 Å². The van der Waals surface area contributed by atoms with Gasteiger partial charge in [-0.1, -0.05) is 48.5 Å². The summed E-state index contributed by atoms with van der Waals surface area (Å²) in [5, 5.41) is 27.1. The molecule has 0 bridgehead atoms. The van der Waals surface area contributed by atoms with E-state index in [1.165, 1.54) is 0 Å². The molecule has 2 heterocycles. The lowest BCUT2D eigenvalue weighted by Gasteiger charge is -2.31. The number of aromatic nitrogens is 4. The molecule has 1 saturated carbocycles. The lowest BCUT2D eigenvalue weighted by Crippen LogP contribution is -2.48. The number of aryl methyl sites for hydroxylation is 1. The first kappa shape index (κ1) is 25.7. The van der Waals surface area contributed by atoms with Crippen molar-refractivity contribution in [1.29, 1.82) is 0 Å². The van der Waals surface area contributed by atoms with E-state index < -0.39 is 17.7 Å². The van der Waals surface area contributed by atoms with Crippen LogP contribution in [0.5, 0.6) is 0 Å². The van der Waals surface area contributed by atoms with Gasteiger partial charge in [-0.25, -0.2) is 9.48 Å². The van der Waals surface area contributed by atoms with Crippen LogP contribution in [0.25, 0.3) is 16.9 Å². The number of methoxy groups -OCH3 is 1. The maximum atomic E-state index is 13.5. The Hall–Kier alpha value is -3.95. The number of para-hydroxylation sites is 1. The summed E-state index contributed by atoms with van der Waals surface area (Å²) in [7, 11) is 3.54. The number of ether oxygens (including phenoxy) is 1. The number of anilines is 1. The third-order valence-corrected chi connectivity index (χ3v) is 7.39. The second-order valence-corrected chi connectivity index (χ2v) is 10.0.